The van der Waals surface area contributed by atoms with Gasteiger partial charge in [-0.25, -0.2) is 0 Å². The number of carbonyl (C=O) groups is 2. The molecule has 0 saturated heterocycles. The zero-order valence-electron chi connectivity index (χ0n) is 8.72. The summed E-state index contributed by atoms with van der Waals surface area (Å²) in [5.74, 6) is -0.142. The van der Waals surface area contributed by atoms with E-state index in [1.807, 2.05) is 0 Å². The molecule has 0 aliphatic heterocycles. The molecule has 3 nitrogen and oxygen atoms in total. The van der Waals surface area contributed by atoms with Crippen molar-refractivity contribution in [2.75, 3.05) is 5.32 Å². The molecule has 0 aliphatic carbocycles. The van der Waals surface area contributed by atoms with E-state index in [1.54, 1.807) is 18.2 Å². The van der Waals surface area contributed by atoms with Gasteiger partial charge in [-0.2, -0.15) is 0 Å². The largest absolute Gasteiger partial charge is 0.325 e. The lowest BCUT2D eigenvalue weighted by atomic mass is 10.2. The Morgan fingerprint density at radius 1 is 1.38 bits per heavy atom. The Hall–Kier alpha value is -0.620. The zero-order valence-corrected chi connectivity index (χ0v) is 11.6. The predicted molar refractivity (Wildman–Crippen MR) is 72.7 cm³/mol. The van der Waals surface area contributed by atoms with Crippen LogP contribution in [0.25, 0.3) is 0 Å². The van der Waals surface area contributed by atoms with Gasteiger partial charge in [-0.05, 0) is 47.7 Å². The summed E-state index contributed by atoms with van der Waals surface area (Å²) >= 11 is 7.89. The highest BCUT2D eigenvalue weighted by molar-refractivity contribution is 14.1. The summed E-state index contributed by atoms with van der Waals surface area (Å²) in [7, 11) is 0. The molecule has 0 saturated carbocycles. The van der Waals surface area contributed by atoms with Crippen molar-refractivity contribution in [3.05, 3.63) is 26.8 Å². The van der Waals surface area contributed by atoms with Crippen molar-refractivity contribution in [2.45, 2.75) is 19.8 Å². The maximum absolute atomic E-state index is 11.5. The topological polar surface area (TPSA) is 46.2 Å². The highest BCUT2D eigenvalue weighted by Crippen LogP contribution is 2.22. The normalized spacial score (nSPS) is 9.94. The van der Waals surface area contributed by atoms with Crippen LogP contribution >= 0.6 is 34.2 Å². The van der Waals surface area contributed by atoms with E-state index in [4.69, 9.17) is 11.6 Å². The molecule has 0 aromatic heterocycles. The van der Waals surface area contributed by atoms with Crippen molar-refractivity contribution in [3.8, 4) is 0 Å². The molecule has 0 radical (unpaired) electrons. The molecule has 0 unspecified atom stereocenters. The first-order valence-corrected chi connectivity index (χ1v) is 6.19. The number of benzene rings is 1. The van der Waals surface area contributed by atoms with Crippen LogP contribution in [0.3, 0.4) is 0 Å². The molecule has 0 atom stereocenters. The minimum Gasteiger partial charge on any atom is -0.325 e. The Morgan fingerprint density at radius 2 is 2.06 bits per heavy atom. The van der Waals surface area contributed by atoms with E-state index >= 15 is 0 Å². The number of Topliss-reactive ketones (excluding diaryl/α,β-unsaturated/α-hetero) is 1. The van der Waals surface area contributed by atoms with Crippen LogP contribution in [0.15, 0.2) is 18.2 Å². The lowest BCUT2D eigenvalue weighted by Gasteiger charge is -2.06. The third-order valence-corrected chi connectivity index (χ3v) is 3.04. The van der Waals surface area contributed by atoms with E-state index in [0.717, 1.165) is 9.26 Å². The molecule has 1 aromatic rings. The van der Waals surface area contributed by atoms with Crippen LogP contribution in [0.4, 0.5) is 5.69 Å². The van der Waals surface area contributed by atoms with Gasteiger partial charge in [0, 0.05) is 21.4 Å². The first-order chi connectivity index (χ1) is 7.49. The molecule has 0 heterocycles. The Labute approximate surface area is 113 Å². The molecule has 0 spiro atoms. The lowest BCUT2D eigenvalue weighted by Crippen LogP contribution is -2.13. The molecule has 0 aliphatic rings. The minimum absolute atomic E-state index is 0.0148. The summed E-state index contributed by atoms with van der Waals surface area (Å²) in [5.41, 5.74) is 0.721. The molecule has 5 heteroatoms. The molecule has 1 aromatic carbocycles. The van der Waals surface area contributed by atoms with Gasteiger partial charge in [-0.1, -0.05) is 11.6 Å². The lowest BCUT2D eigenvalue weighted by molar-refractivity contribution is -0.121. The number of amides is 1. The number of carbonyl (C=O) groups excluding carboxylic acids is 2. The molecule has 0 bridgehead atoms. The van der Waals surface area contributed by atoms with Gasteiger partial charge in [0.25, 0.3) is 0 Å². The third-order valence-electron chi connectivity index (χ3n) is 1.91. The molecule has 1 amide bonds. The maximum atomic E-state index is 11.5. The van der Waals surface area contributed by atoms with Crippen LogP contribution in [-0.2, 0) is 9.59 Å². The highest BCUT2D eigenvalue weighted by Gasteiger charge is 2.06. The first kappa shape index (κ1) is 13.4. The summed E-state index contributed by atoms with van der Waals surface area (Å²) in [6, 6.07) is 5.22. The number of nitrogens with one attached hydrogen (secondary N) is 1. The smallest absolute Gasteiger partial charge is 0.224 e. The Kier molecular flexibility index (Phi) is 5.21. The summed E-state index contributed by atoms with van der Waals surface area (Å²) in [6.45, 7) is 1.47. The summed E-state index contributed by atoms with van der Waals surface area (Å²) < 4.78 is 0.876. The zero-order chi connectivity index (χ0) is 12.1. The van der Waals surface area contributed by atoms with E-state index in [1.165, 1.54) is 6.92 Å². The number of ketones is 1. The average Bonchev–Trinajstić information content (AvgIpc) is 2.19. The molecule has 16 heavy (non-hydrogen) atoms. The van der Waals surface area contributed by atoms with E-state index < -0.39 is 0 Å². The predicted octanol–water partition coefficient (Wildman–Crippen LogP) is 3.25. The van der Waals surface area contributed by atoms with Gasteiger partial charge >= 0.3 is 0 Å². The van der Waals surface area contributed by atoms with Gasteiger partial charge in [-0.15, -0.1) is 0 Å². The van der Waals surface area contributed by atoms with Crippen LogP contribution in [0.2, 0.25) is 5.02 Å². The SMILES string of the molecule is CC(=O)CCC(=O)Nc1ccc(Cl)cc1I. The van der Waals surface area contributed by atoms with Crippen LogP contribution < -0.4 is 5.32 Å². The van der Waals surface area contributed by atoms with Crippen molar-refractivity contribution in [2.24, 2.45) is 0 Å². The van der Waals surface area contributed by atoms with E-state index in [-0.39, 0.29) is 24.5 Å². The van der Waals surface area contributed by atoms with Gasteiger partial charge in [0.1, 0.15) is 5.78 Å². The molecule has 1 N–H and O–H groups in total. The van der Waals surface area contributed by atoms with Crippen molar-refractivity contribution < 1.29 is 9.59 Å². The molecule has 0 fully saturated rings. The van der Waals surface area contributed by atoms with Gasteiger partial charge < -0.3 is 10.1 Å². The van der Waals surface area contributed by atoms with Crippen LogP contribution in [-0.4, -0.2) is 11.7 Å². The summed E-state index contributed by atoms with van der Waals surface area (Å²) in [6.07, 6.45) is 0.490. The second-order valence-electron chi connectivity index (χ2n) is 3.37. The summed E-state index contributed by atoms with van der Waals surface area (Å²) in [4.78, 5) is 22.2. The van der Waals surface area contributed by atoms with Crippen LogP contribution in [0, 0.1) is 3.57 Å². The fourth-order valence-corrected chi connectivity index (χ4v) is 2.10. The third kappa shape index (κ3) is 4.49. The quantitative estimate of drug-likeness (QED) is 0.847. The monoisotopic (exact) mass is 351 g/mol. The van der Waals surface area contributed by atoms with E-state index in [0.29, 0.717) is 5.02 Å². The molecule has 1 rings (SSSR count). The minimum atomic E-state index is -0.157. The van der Waals surface area contributed by atoms with Crippen molar-refractivity contribution in [1.82, 2.24) is 0 Å². The Balaban J connectivity index is 2.59. The van der Waals surface area contributed by atoms with Crippen molar-refractivity contribution in [1.29, 1.82) is 0 Å². The Bertz CT molecular complexity index is 420. The van der Waals surface area contributed by atoms with Gasteiger partial charge in [0.05, 0.1) is 5.69 Å². The first-order valence-electron chi connectivity index (χ1n) is 4.73. The maximum Gasteiger partial charge on any atom is 0.224 e. The van der Waals surface area contributed by atoms with Crippen LogP contribution in [0.1, 0.15) is 19.8 Å². The fourth-order valence-electron chi connectivity index (χ4n) is 1.09. The van der Waals surface area contributed by atoms with Gasteiger partial charge in [-0.3, -0.25) is 4.79 Å². The van der Waals surface area contributed by atoms with Gasteiger partial charge in [0.2, 0.25) is 5.91 Å². The molecular weight excluding hydrogens is 340 g/mol. The van der Waals surface area contributed by atoms with Crippen molar-refractivity contribution >= 4 is 51.6 Å². The second-order valence-corrected chi connectivity index (χ2v) is 4.97. The van der Waals surface area contributed by atoms with E-state index in [2.05, 4.69) is 27.9 Å². The van der Waals surface area contributed by atoms with Crippen molar-refractivity contribution in [3.63, 3.8) is 0 Å². The number of hydrogen-bond acceptors (Lipinski definition) is 2. The van der Waals surface area contributed by atoms with Crippen LogP contribution in [0.5, 0.6) is 0 Å². The summed E-state index contributed by atoms with van der Waals surface area (Å²) in [5, 5.41) is 3.37. The fraction of sp³-hybridized carbons (Fsp3) is 0.273. The van der Waals surface area contributed by atoms with E-state index in [9.17, 15) is 9.59 Å². The average molecular weight is 352 g/mol. The highest BCUT2D eigenvalue weighted by atomic mass is 127. The standard InChI is InChI=1S/C11H11ClINO2/c1-7(15)2-5-11(16)14-10-4-3-8(12)6-9(10)13/h3-4,6H,2,5H2,1H3,(H,14,16). The Morgan fingerprint density at radius 3 is 2.62 bits per heavy atom. The number of hydrogen-bond donors (Lipinski definition) is 1. The van der Waals surface area contributed by atoms with Gasteiger partial charge in [0.15, 0.2) is 0 Å². The second kappa shape index (κ2) is 6.20. The number of anilines is 1. The number of halogens is 2. The molecule has 86 valence electrons. The molecular formula is C11H11ClINO2. The number of rotatable bonds is 4.